The van der Waals surface area contributed by atoms with E-state index in [1.807, 2.05) is 13.0 Å². The highest BCUT2D eigenvalue weighted by Gasteiger charge is 2.35. The van der Waals surface area contributed by atoms with E-state index in [0.717, 1.165) is 24.8 Å². The Labute approximate surface area is 135 Å². The summed E-state index contributed by atoms with van der Waals surface area (Å²) in [5.41, 5.74) is 6.83. The van der Waals surface area contributed by atoms with Crippen molar-refractivity contribution in [3.8, 4) is 0 Å². The number of hydrogen-bond acceptors (Lipinski definition) is 3. The first-order valence-corrected chi connectivity index (χ1v) is 7.92. The van der Waals surface area contributed by atoms with E-state index in [4.69, 9.17) is 17.3 Å². The minimum absolute atomic E-state index is 0.109. The molecule has 2 rings (SSSR count). The van der Waals surface area contributed by atoms with Gasteiger partial charge >= 0.3 is 0 Å². The average molecular weight is 324 g/mol. The highest BCUT2D eigenvalue weighted by molar-refractivity contribution is 6.33. The Kier molecular flexibility index (Phi) is 5.42. The van der Waals surface area contributed by atoms with Crippen molar-refractivity contribution < 1.29 is 9.59 Å². The average Bonchev–Trinajstić information content (AvgIpc) is 2.48. The number of carbonyl (C=O) groups is 2. The van der Waals surface area contributed by atoms with Crippen molar-refractivity contribution >= 4 is 29.1 Å². The fourth-order valence-corrected chi connectivity index (χ4v) is 2.94. The van der Waals surface area contributed by atoms with Crippen LogP contribution in [0.5, 0.6) is 0 Å². The molecule has 0 atom stereocenters. The molecule has 4 N–H and O–H groups in total. The number of halogens is 1. The largest absolute Gasteiger partial charge is 0.345 e. The van der Waals surface area contributed by atoms with E-state index in [0.29, 0.717) is 23.6 Å². The molecule has 0 aliphatic heterocycles. The van der Waals surface area contributed by atoms with Gasteiger partial charge in [0.25, 0.3) is 0 Å². The molecule has 0 unspecified atom stereocenters. The predicted molar refractivity (Wildman–Crippen MR) is 87.8 cm³/mol. The number of anilines is 1. The molecule has 22 heavy (non-hydrogen) atoms. The summed E-state index contributed by atoms with van der Waals surface area (Å²) in [6, 6.07) is 5.37. The predicted octanol–water partition coefficient (Wildman–Crippen LogP) is 2.36. The van der Waals surface area contributed by atoms with Gasteiger partial charge in [-0.3, -0.25) is 9.59 Å². The van der Waals surface area contributed by atoms with Crippen LogP contribution in [0.2, 0.25) is 5.02 Å². The molecular formula is C16H22ClN3O2. The molecule has 2 amide bonds. The summed E-state index contributed by atoms with van der Waals surface area (Å²) in [5, 5.41) is 5.78. The van der Waals surface area contributed by atoms with Gasteiger partial charge in [-0.05, 0) is 37.5 Å². The van der Waals surface area contributed by atoms with Crippen LogP contribution in [0.25, 0.3) is 0 Å². The summed E-state index contributed by atoms with van der Waals surface area (Å²) in [4.78, 5) is 24.1. The number of nitrogens with one attached hydrogen (secondary N) is 2. The van der Waals surface area contributed by atoms with Crippen LogP contribution in [0.4, 0.5) is 5.69 Å². The zero-order chi connectivity index (χ0) is 16.2. The number of rotatable bonds is 4. The molecule has 0 spiro atoms. The van der Waals surface area contributed by atoms with Crippen molar-refractivity contribution in [2.24, 2.45) is 5.73 Å². The standard InChI is InChI=1S/C16H22ClN3O2/c1-11-5-6-13(12(17)9-11)20-14(21)10-19-15(22)16(18)7-3-2-4-8-16/h5-6,9H,2-4,7-8,10,18H2,1H3,(H,19,22)(H,20,21). The van der Waals surface area contributed by atoms with Gasteiger partial charge < -0.3 is 16.4 Å². The molecule has 0 saturated heterocycles. The van der Waals surface area contributed by atoms with Crippen LogP contribution in [-0.2, 0) is 9.59 Å². The van der Waals surface area contributed by atoms with E-state index in [2.05, 4.69) is 10.6 Å². The fraction of sp³-hybridized carbons (Fsp3) is 0.500. The molecule has 1 aromatic carbocycles. The number of aryl methyl sites for hydroxylation is 1. The summed E-state index contributed by atoms with van der Waals surface area (Å²) in [7, 11) is 0. The van der Waals surface area contributed by atoms with E-state index in [9.17, 15) is 9.59 Å². The van der Waals surface area contributed by atoms with Crippen LogP contribution in [0.15, 0.2) is 18.2 Å². The first-order chi connectivity index (χ1) is 10.4. The SMILES string of the molecule is Cc1ccc(NC(=O)CNC(=O)C2(N)CCCCC2)c(Cl)c1. The third kappa shape index (κ3) is 4.21. The molecular weight excluding hydrogens is 302 g/mol. The smallest absolute Gasteiger partial charge is 0.243 e. The molecule has 1 aromatic rings. The number of benzene rings is 1. The van der Waals surface area contributed by atoms with Crippen molar-refractivity contribution in [2.75, 3.05) is 11.9 Å². The quantitative estimate of drug-likeness (QED) is 0.795. The lowest BCUT2D eigenvalue weighted by Crippen LogP contribution is -2.56. The first kappa shape index (κ1) is 16.8. The van der Waals surface area contributed by atoms with E-state index in [1.54, 1.807) is 12.1 Å². The maximum atomic E-state index is 12.1. The third-order valence-electron chi connectivity index (χ3n) is 4.01. The number of carbonyl (C=O) groups excluding carboxylic acids is 2. The highest BCUT2D eigenvalue weighted by atomic mass is 35.5. The Bertz CT molecular complexity index is 569. The van der Waals surface area contributed by atoms with Gasteiger partial charge in [0.15, 0.2) is 0 Å². The van der Waals surface area contributed by atoms with Crippen LogP contribution >= 0.6 is 11.6 Å². The Morgan fingerprint density at radius 2 is 1.95 bits per heavy atom. The lowest BCUT2D eigenvalue weighted by molar-refractivity contribution is -0.129. The Hall–Kier alpha value is -1.59. The topological polar surface area (TPSA) is 84.2 Å². The van der Waals surface area contributed by atoms with Crippen molar-refractivity contribution in [1.82, 2.24) is 5.32 Å². The van der Waals surface area contributed by atoms with Gasteiger partial charge in [-0.1, -0.05) is 36.9 Å². The second-order valence-corrected chi connectivity index (χ2v) is 6.34. The molecule has 6 heteroatoms. The van der Waals surface area contributed by atoms with Gasteiger partial charge in [0.2, 0.25) is 11.8 Å². The van der Waals surface area contributed by atoms with Crippen molar-refractivity contribution in [3.63, 3.8) is 0 Å². The summed E-state index contributed by atoms with van der Waals surface area (Å²) in [6.45, 7) is 1.81. The molecule has 120 valence electrons. The maximum Gasteiger partial charge on any atom is 0.243 e. The number of hydrogen-bond donors (Lipinski definition) is 3. The summed E-state index contributed by atoms with van der Waals surface area (Å²) in [6.07, 6.45) is 4.36. The molecule has 5 nitrogen and oxygen atoms in total. The molecule has 1 aliphatic carbocycles. The van der Waals surface area contributed by atoms with Gasteiger partial charge in [-0.25, -0.2) is 0 Å². The lowest BCUT2D eigenvalue weighted by atomic mass is 9.82. The Balaban J connectivity index is 1.86. The zero-order valence-electron chi connectivity index (χ0n) is 12.7. The second kappa shape index (κ2) is 7.11. The maximum absolute atomic E-state index is 12.1. The van der Waals surface area contributed by atoms with Gasteiger partial charge in [0.1, 0.15) is 0 Å². The van der Waals surface area contributed by atoms with Gasteiger partial charge in [-0.15, -0.1) is 0 Å². The van der Waals surface area contributed by atoms with Crippen molar-refractivity contribution in [1.29, 1.82) is 0 Å². The fourth-order valence-electron chi connectivity index (χ4n) is 2.66. The van der Waals surface area contributed by atoms with Crippen molar-refractivity contribution in [3.05, 3.63) is 28.8 Å². The monoisotopic (exact) mass is 323 g/mol. The minimum Gasteiger partial charge on any atom is -0.345 e. The second-order valence-electron chi connectivity index (χ2n) is 5.93. The van der Waals surface area contributed by atoms with Crippen LogP contribution in [0.1, 0.15) is 37.7 Å². The molecule has 1 aliphatic rings. The zero-order valence-corrected chi connectivity index (χ0v) is 13.5. The normalized spacial score (nSPS) is 16.9. The molecule has 1 fully saturated rings. The van der Waals surface area contributed by atoms with Gasteiger partial charge in [0, 0.05) is 0 Å². The number of amides is 2. The van der Waals surface area contributed by atoms with Crippen LogP contribution < -0.4 is 16.4 Å². The molecule has 0 aromatic heterocycles. The van der Waals surface area contributed by atoms with E-state index in [-0.39, 0.29) is 18.4 Å². The number of nitrogens with two attached hydrogens (primary N) is 1. The molecule has 1 saturated carbocycles. The lowest BCUT2D eigenvalue weighted by Gasteiger charge is -2.31. The summed E-state index contributed by atoms with van der Waals surface area (Å²) in [5.74, 6) is -0.573. The van der Waals surface area contributed by atoms with Crippen molar-refractivity contribution in [2.45, 2.75) is 44.6 Å². The third-order valence-corrected chi connectivity index (χ3v) is 4.32. The summed E-state index contributed by atoms with van der Waals surface area (Å²) >= 11 is 6.06. The molecule has 0 heterocycles. The van der Waals surface area contributed by atoms with Crippen LogP contribution in [0, 0.1) is 6.92 Å². The Morgan fingerprint density at radius 3 is 2.59 bits per heavy atom. The van der Waals surface area contributed by atoms with E-state index >= 15 is 0 Å². The van der Waals surface area contributed by atoms with Gasteiger partial charge in [0.05, 0.1) is 22.8 Å². The van der Waals surface area contributed by atoms with Gasteiger partial charge in [-0.2, -0.15) is 0 Å². The van der Waals surface area contributed by atoms with Crippen LogP contribution in [0.3, 0.4) is 0 Å². The minimum atomic E-state index is -0.833. The summed E-state index contributed by atoms with van der Waals surface area (Å²) < 4.78 is 0. The molecule has 0 radical (unpaired) electrons. The first-order valence-electron chi connectivity index (χ1n) is 7.54. The van der Waals surface area contributed by atoms with E-state index < -0.39 is 5.54 Å². The van der Waals surface area contributed by atoms with Crippen LogP contribution in [-0.4, -0.2) is 23.9 Å². The van der Waals surface area contributed by atoms with E-state index in [1.165, 1.54) is 0 Å². The Morgan fingerprint density at radius 1 is 1.27 bits per heavy atom. The highest BCUT2D eigenvalue weighted by Crippen LogP contribution is 2.26. The molecule has 0 bridgehead atoms.